The summed E-state index contributed by atoms with van der Waals surface area (Å²) < 4.78 is 10.2. The number of ether oxygens (including phenoxy) is 2. The number of hydrogen-bond acceptors (Lipinski definition) is 6. The lowest BCUT2D eigenvalue weighted by molar-refractivity contribution is -0.385. The van der Waals surface area contributed by atoms with Crippen LogP contribution in [0.15, 0.2) is 36.4 Å². The van der Waals surface area contributed by atoms with Crippen LogP contribution in [0.25, 0.3) is 0 Å². The Balaban J connectivity index is 2.22. The molecule has 1 amide bonds. The van der Waals surface area contributed by atoms with Crippen molar-refractivity contribution in [3.8, 4) is 17.2 Å². The fraction of sp³-hybridized carbons (Fsp3) is 0.133. The predicted octanol–water partition coefficient (Wildman–Crippen LogP) is 2.57. The quantitative estimate of drug-likeness (QED) is 0.647. The number of carbonyl (C=O) groups excluding carboxylic acids is 1. The van der Waals surface area contributed by atoms with Gasteiger partial charge in [-0.3, -0.25) is 14.9 Å². The zero-order valence-electron chi connectivity index (χ0n) is 12.4. The van der Waals surface area contributed by atoms with Gasteiger partial charge in [-0.15, -0.1) is 0 Å². The number of hydrogen-bond donors (Lipinski definition) is 2. The van der Waals surface area contributed by atoms with Gasteiger partial charge in [0.05, 0.1) is 19.1 Å². The third kappa shape index (κ3) is 3.49. The minimum absolute atomic E-state index is 0.0860. The summed E-state index contributed by atoms with van der Waals surface area (Å²) >= 11 is 0. The second-order valence-corrected chi connectivity index (χ2v) is 4.48. The van der Waals surface area contributed by atoms with Crippen LogP contribution in [0, 0.1) is 10.1 Å². The number of phenols is 1. The van der Waals surface area contributed by atoms with E-state index in [-0.39, 0.29) is 5.56 Å². The number of rotatable bonds is 5. The Hall–Kier alpha value is -3.29. The standard InChI is InChI=1S/C15H14N2O6/c1-22-13-6-4-10(8-14(13)23-2)16-15(19)9-3-5-11(17(20)21)12(18)7-9/h3-8,18H,1-2H3,(H,16,19). The van der Waals surface area contributed by atoms with Crippen LogP contribution >= 0.6 is 0 Å². The van der Waals surface area contributed by atoms with Crippen molar-refractivity contribution < 1.29 is 24.3 Å². The molecule has 0 aromatic heterocycles. The van der Waals surface area contributed by atoms with Gasteiger partial charge >= 0.3 is 5.69 Å². The zero-order chi connectivity index (χ0) is 17.0. The highest BCUT2D eigenvalue weighted by Gasteiger charge is 2.16. The molecule has 0 aliphatic carbocycles. The van der Waals surface area contributed by atoms with Gasteiger partial charge in [0.25, 0.3) is 5.91 Å². The number of amides is 1. The molecule has 0 bridgehead atoms. The Morgan fingerprint density at radius 1 is 1.13 bits per heavy atom. The van der Waals surface area contributed by atoms with Crippen LogP contribution in [0.4, 0.5) is 11.4 Å². The fourth-order valence-electron chi connectivity index (χ4n) is 1.94. The normalized spacial score (nSPS) is 10.0. The molecule has 120 valence electrons. The lowest BCUT2D eigenvalue weighted by Crippen LogP contribution is -2.12. The van der Waals surface area contributed by atoms with Crippen LogP contribution in [-0.2, 0) is 0 Å². The molecule has 2 N–H and O–H groups in total. The van der Waals surface area contributed by atoms with Crippen molar-refractivity contribution in [1.82, 2.24) is 0 Å². The van der Waals surface area contributed by atoms with E-state index in [2.05, 4.69) is 5.32 Å². The second kappa shape index (κ2) is 6.65. The van der Waals surface area contributed by atoms with E-state index in [9.17, 15) is 20.0 Å². The molecular weight excluding hydrogens is 304 g/mol. The maximum absolute atomic E-state index is 12.1. The molecular formula is C15H14N2O6. The van der Waals surface area contributed by atoms with Crippen molar-refractivity contribution in [3.05, 3.63) is 52.1 Å². The average Bonchev–Trinajstić information content (AvgIpc) is 2.54. The molecule has 0 saturated heterocycles. The largest absolute Gasteiger partial charge is 0.502 e. The zero-order valence-corrected chi connectivity index (χ0v) is 12.4. The van der Waals surface area contributed by atoms with Crippen LogP contribution in [-0.4, -0.2) is 30.2 Å². The van der Waals surface area contributed by atoms with Crippen LogP contribution in [0.3, 0.4) is 0 Å². The molecule has 8 heteroatoms. The van der Waals surface area contributed by atoms with E-state index in [4.69, 9.17) is 9.47 Å². The van der Waals surface area contributed by atoms with Crippen molar-refractivity contribution in [1.29, 1.82) is 0 Å². The molecule has 2 aromatic rings. The predicted molar refractivity (Wildman–Crippen MR) is 82.3 cm³/mol. The first kappa shape index (κ1) is 16.1. The molecule has 8 nitrogen and oxygen atoms in total. The number of anilines is 1. The molecule has 0 saturated carbocycles. The summed E-state index contributed by atoms with van der Waals surface area (Å²) in [6.45, 7) is 0. The highest BCUT2D eigenvalue weighted by atomic mass is 16.6. The highest BCUT2D eigenvalue weighted by Crippen LogP contribution is 2.30. The number of aromatic hydroxyl groups is 1. The van der Waals surface area contributed by atoms with Crippen LogP contribution in [0.5, 0.6) is 17.2 Å². The van der Waals surface area contributed by atoms with Gasteiger partial charge < -0.3 is 19.9 Å². The van der Waals surface area contributed by atoms with Gasteiger partial charge in [0.15, 0.2) is 17.2 Å². The number of benzene rings is 2. The van der Waals surface area contributed by atoms with Crippen molar-refractivity contribution in [3.63, 3.8) is 0 Å². The Bertz CT molecular complexity index is 760. The molecule has 0 unspecified atom stereocenters. The second-order valence-electron chi connectivity index (χ2n) is 4.48. The smallest absolute Gasteiger partial charge is 0.310 e. The first-order valence-electron chi connectivity index (χ1n) is 6.47. The summed E-state index contributed by atoms with van der Waals surface area (Å²) in [5, 5.41) is 22.8. The van der Waals surface area contributed by atoms with Gasteiger partial charge in [0, 0.05) is 23.4 Å². The summed E-state index contributed by atoms with van der Waals surface area (Å²) in [6, 6.07) is 8.18. The molecule has 2 rings (SSSR count). The minimum atomic E-state index is -0.731. The first-order valence-corrected chi connectivity index (χ1v) is 6.47. The van der Waals surface area contributed by atoms with Crippen molar-refractivity contribution in [2.24, 2.45) is 0 Å². The number of phenolic OH excluding ortho intramolecular Hbond substituents is 1. The summed E-state index contributed by atoms with van der Waals surface area (Å²) in [6.07, 6.45) is 0. The van der Waals surface area contributed by atoms with E-state index in [1.807, 2.05) is 0 Å². The van der Waals surface area contributed by atoms with Crippen molar-refractivity contribution in [2.75, 3.05) is 19.5 Å². The summed E-state index contributed by atoms with van der Waals surface area (Å²) in [5.74, 6) is -0.146. The molecule has 0 spiro atoms. The van der Waals surface area contributed by atoms with Crippen LogP contribution in [0.2, 0.25) is 0 Å². The number of nitro groups is 1. The first-order chi connectivity index (χ1) is 11.0. The Kier molecular flexibility index (Phi) is 4.65. The lowest BCUT2D eigenvalue weighted by atomic mass is 10.1. The molecule has 0 radical (unpaired) electrons. The SMILES string of the molecule is COc1ccc(NC(=O)c2ccc([N+](=O)[O-])c(O)c2)cc1OC. The Morgan fingerprint density at radius 2 is 1.83 bits per heavy atom. The van der Waals surface area contributed by atoms with Gasteiger partial charge in [0.1, 0.15) is 0 Å². The van der Waals surface area contributed by atoms with E-state index in [1.165, 1.54) is 20.3 Å². The number of nitro benzene ring substituents is 1. The number of carbonyl (C=O) groups is 1. The fourth-order valence-corrected chi connectivity index (χ4v) is 1.94. The molecule has 0 fully saturated rings. The van der Waals surface area contributed by atoms with Gasteiger partial charge in [-0.25, -0.2) is 0 Å². The highest BCUT2D eigenvalue weighted by molar-refractivity contribution is 6.04. The van der Waals surface area contributed by atoms with E-state index >= 15 is 0 Å². The monoisotopic (exact) mass is 318 g/mol. The maximum atomic E-state index is 12.1. The Morgan fingerprint density at radius 3 is 2.39 bits per heavy atom. The molecule has 0 aliphatic rings. The third-order valence-corrected chi connectivity index (χ3v) is 3.08. The third-order valence-electron chi connectivity index (χ3n) is 3.08. The van der Waals surface area contributed by atoms with E-state index in [1.54, 1.807) is 18.2 Å². The number of nitrogens with zero attached hydrogens (tertiary/aromatic N) is 1. The van der Waals surface area contributed by atoms with Crippen molar-refractivity contribution in [2.45, 2.75) is 0 Å². The molecule has 2 aromatic carbocycles. The van der Waals surface area contributed by atoms with Gasteiger partial charge in [-0.1, -0.05) is 0 Å². The minimum Gasteiger partial charge on any atom is -0.502 e. The van der Waals surface area contributed by atoms with Crippen LogP contribution < -0.4 is 14.8 Å². The molecule has 0 atom stereocenters. The lowest BCUT2D eigenvalue weighted by Gasteiger charge is -2.10. The van der Waals surface area contributed by atoms with E-state index < -0.39 is 22.3 Å². The topological polar surface area (TPSA) is 111 Å². The van der Waals surface area contributed by atoms with Crippen LogP contribution in [0.1, 0.15) is 10.4 Å². The number of nitrogens with one attached hydrogen (secondary N) is 1. The average molecular weight is 318 g/mol. The summed E-state index contributed by atoms with van der Waals surface area (Å²) in [5.41, 5.74) is 0.0704. The molecule has 0 aliphatic heterocycles. The van der Waals surface area contributed by atoms with Gasteiger partial charge in [-0.05, 0) is 24.3 Å². The summed E-state index contributed by atoms with van der Waals surface area (Å²) in [7, 11) is 2.97. The van der Waals surface area contributed by atoms with Gasteiger partial charge in [0.2, 0.25) is 0 Å². The number of methoxy groups -OCH3 is 2. The van der Waals surface area contributed by atoms with E-state index in [0.29, 0.717) is 17.2 Å². The molecule has 23 heavy (non-hydrogen) atoms. The Labute approximate surface area is 131 Å². The van der Waals surface area contributed by atoms with E-state index in [0.717, 1.165) is 12.1 Å². The molecule has 0 heterocycles. The van der Waals surface area contributed by atoms with Crippen molar-refractivity contribution >= 4 is 17.3 Å². The maximum Gasteiger partial charge on any atom is 0.310 e. The van der Waals surface area contributed by atoms with Gasteiger partial charge in [-0.2, -0.15) is 0 Å². The summed E-state index contributed by atoms with van der Waals surface area (Å²) in [4.78, 5) is 22.1.